The van der Waals surface area contributed by atoms with Gasteiger partial charge in [-0.25, -0.2) is 4.79 Å². The molecule has 0 spiro atoms. The van der Waals surface area contributed by atoms with Crippen molar-refractivity contribution >= 4 is 16.9 Å². The Morgan fingerprint density at radius 2 is 1.91 bits per heavy atom. The zero-order valence-corrected chi connectivity index (χ0v) is 12.7. The average molecular weight is 298 g/mol. The molecule has 2 unspecified atom stereocenters. The first-order valence-corrected chi connectivity index (χ1v) is 7.65. The summed E-state index contributed by atoms with van der Waals surface area (Å²) in [5.74, 6) is 1.68. The zero-order chi connectivity index (χ0) is 15.4. The molecular weight excluding hydrogens is 280 g/mol. The van der Waals surface area contributed by atoms with E-state index in [-0.39, 0.29) is 0 Å². The van der Waals surface area contributed by atoms with Gasteiger partial charge in [-0.1, -0.05) is 17.7 Å². The van der Waals surface area contributed by atoms with Crippen molar-refractivity contribution in [1.82, 2.24) is 0 Å². The maximum Gasteiger partial charge on any atom is 0.513 e. The fourth-order valence-corrected chi connectivity index (χ4v) is 4.15. The van der Waals surface area contributed by atoms with Crippen molar-refractivity contribution in [2.75, 3.05) is 7.11 Å². The third-order valence-electron chi connectivity index (χ3n) is 5.07. The van der Waals surface area contributed by atoms with E-state index in [4.69, 9.17) is 4.74 Å². The highest BCUT2D eigenvalue weighted by atomic mass is 16.7. The monoisotopic (exact) mass is 298 g/mol. The first kappa shape index (κ1) is 13.4. The van der Waals surface area contributed by atoms with Gasteiger partial charge in [0.15, 0.2) is 0 Å². The Morgan fingerprint density at radius 1 is 1.18 bits per heavy atom. The molecule has 0 saturated heterocycles. The molecular formula is C18H18O4. The molecule has 2 aromatic carbocycles. The number of aromatic hydroxyl groups is 1. The van der Waals surface area contributed by atoms with Gasteiger partial charge in [-0.15, -0.1) is 0 Å². The number of hydrogen-bond acceptors (Lipinski definition) is 4. The van der Waals surface area contributed by atoms with E-state index in [0.717, 1.165) is 46.7 Å². The molecule has 0 amide bonds. The van der Waals surface area contributed by atoms with E-state index in [1.807, 2.05) is 25.1 Å². The molecule has 0 aromatic heterocycles. The van der Waals surface area contributed by atoms with Gasteiger partial charge in [-0.2, -0.15) is 0 Å². The Morgan fingerprint density at radius 3 is 2.64 bits per heavy atom. The van der Waals surface area contributed by atoms with Gasteiger partial charge < -0.3 is 14.6 Å². The Labute approximate surface area is 128 Å². The third kappa shape index (κ3) is 1.73. The molecule has 1 saturated carbocycles. The van der Waals surface area contributed by atoms with Crippen molar-refractivity contribution in [2.45, 2.75) is 38.0 Å². The van der Waals surface area contributed by atoms with E-state index in [1.165, 1.54) is 7.11 Å². The first-order chi connectivity index (χ1) is 10.6. The molecule has 2 atom stereocenters. The fourth-order valence-electron chi connectivity index (χ4n) is 4.15. The topological polar surface area (TPSA) is 55.8 Å². The molecule has 1 fully saturated rings. The summed E-state index contributed by atoms with van der Waals surface area (Å²) in [6, 6.07) is 5.82. The van der Waals surface area contributed by atoms with Crippen LogP contribution in [-0.2, 0) is 4.74 Å². The van der Waals surface area contributed by atoms with Crippen molar-refractivity contribution < 1.29 is 19.4 Å². The van der Waals surface area contributed by atoms with Crippen LogP contribution in [0.5, 0.6) is 11.5 Å². The Balaban J connectivity index is 2.05. The highest BCUT2D eigenvalue weighted by molar-refractivity contribution is 5.98. The van der Waals surface area contributed by atoms with Crippen molar-refractivity contribution in [2.24, 2.45) is 0 Å². The number of hydrogen-bond donors (Lipinski definition) is 1. The predicted molar refractivity (Wildman–Crippen MR) is 82.7 cm³/mol. The molecule has 4 heteroatoms. The minimum Gasteiger partial charge on any atom is -0.507 e. The molecule has 0 heterocycles. The predicted octanol–water partition coefficient (Wildman–Crippen LogP) is 4.36. The van der Waals surface area contributed by atoms with Crippen molar-refractivity contribution in [3.05, 3.63) is 34.9 Å². The molecule has 2 aromatic rings. The van der Waals surface area contributed by atoms with Crippen LogP contribution in [0.25, 0.3) is 10.8 Å². The number of rotatable bonds is 1. The van der Waals surface area contributed by atoms with Crippen molar-refractivity contribution in [3.8, 4) is 11.5 Å². The van der Waals surface area contributed by atoms with Gasteiger partial charge in [0, 0.05) is 21.9 Å². The number of fused-ring (bicyclic) bond motifs is 6. The zero-order valence-electron chi connectivity index (χ0n) is 12.7. The minimum absolute atomic E-state index is 0.356. The molecule has 2 aliphatic rings. The van der Waals surface area contributed by atoms with Crippen molar-refractivity contribution in [3.63, 3.8) is 0 Å². The van der Waals surface area contributed by atoms with E-state index in [0.29, 0.717) is 23.3 Å². The summed E-state index contributed by atoms with van der Waals surface area (Å²) in [6.45, 7) is 1.98. The van der Waals surface area contributed by atoms with Gasteiger partial charge in [0.1, 0.15) is 11.5 Å². The van der Waals surface area contributed by atoms with Crippen molar-refractivity contribution in [1.29, 1.82) is 0 Å². The van der Waals surface area contributed by atoms with Crippen LogP contribution in [0.4, 0.5) is 4.79 Å². The summed E-state index contributed by atoms with van der Waals surface area (Å²) in [7, 11) is 1.31. The van der Waals surface area contributed by atoms with Crippen LogP contribution in [0, 0.1) is 6.92 Å². The summed E-state index contributed by atoms with van der Waals surface area (Å²) in [5, 5.41) is 12.3. The van der Waals surface area contributed by atoms with Gasteiger partial charge in [0.25, 0.3) is 0 Å². The summed E-state index contributed by atoms with van der Waals surface area (Å²) in [6.07, 6.45) is 2.51. The second kappa shape index (κ2) is 4.63. The van der Waals surface area contributed by atoms with Gasteiger partial charge in [0.2, 0.25) is 0 Å². The normalized spacial score (nSPS) is 21.9. The Hall–Kier alpha value is -2.23. The van der Waals surface area contributed by atoms with E-state index in [2.05, 4.69) is 4.74 Å². The molecule has 2 aliphatic carbocycles. The molecule has 114 valence electrons. The van der Waals surface area contributed by atoms with Gasteiger partial charge in [-0.3, -0.25) is 0 Å². The minimum atomic E-state index is -0.710. The first-order valence-electron chi connectivity index (χ1n) is 7.65. The van der Waals surface area contributed by atoms with E-state index < -0.39 is 6.16 Å². The van der Waals surface area contributed by atoms with Gasteiger partial charge in [-0.05, 0) is 44.1 Å². The number of carbonyl (C=O) groups is 1. The van der Waals surface area contributed by atoms with E-state index in [9.17, 15) is 9.90 Å². The Bertz CT molecular complexity index is 794. The largest absolute Gasteiger partial charge is 0.513 e. The van der Waals surface area contributed by atoms with Gasteiger partial charge >= 0.3 is 6.16 Å². The summed E-state index contributed by atoms with van der Waals surface area (Å²) in [4.78, 5) is 11.7. The van der Waals surface area contributed by atoms with Crippen LogP contribution in [0.3, 0.4) is 0 Å². The highest BCUT2D eigenvalue weighted by Crippen LogP contribution is 2.60. The van der Waals surface area contributed by atoms with Crippen LogP contribution < -0.4 is 4.74 Å². The maximum absolute atomic E-state index is 11.7. The second-order valence-electron chi connectivity index (χ2n) is 6.32. The van der Waals surface area contributed by atoms with Crippen LogP contribution in [0.2, 0.25) is 0 Å². The van der Waals surface area contributed by atoms with Crippen LogP contribution >= 0.6 is 0 Å². The fraction of sp³-hybridized carbons (Fsp3) is 0.389. The summed E-state index contributed by atoms with van der Waals surface area (Å²) >= 11 is 0. The quantitative estimate of drug-likeness (QED) is 0.627. The summed E-state index contributed by atoms with van der Waals surface area (Å²) < 4.78 is 10.2. The molecule has 0 radical (unpaired) electrons. The van der Waals surface area contributed by atoms with Crippen LogP contribution in [0.15, 0.2) is 18.2 Å². The van der Waals surface area contributed by atoms with Crippen LogP contribution in [-0.4, -0.2) is 18.4 Å². The SMILES string of the molecule is COC(=O)Oc1c2c(c(O)c3ccc(C)cc13)C1CCC2C1. The summed E-state index contributed by atoms with van der Waals surface area (Å²) in [5.41, 5.74) is 3.05. The molecule has 22 heavy (non-hydrogen) atoms. The lowest BCUT2D eigenvalue weighted by atomic mass is 9.87. The number of ether oxygens (including phenoxy) is 2. The maximum atomic E-state index is 11.7. The second-order valence-corrected chi connectivity index (χ2v) is 6.32. The molecule has 0 aliphatic heterocycles. The number of aryl methyl sites for hydroxylation is 1. The number of benzene rings is 2. The van der Waals surface area contributed by atoms with Crippen LogP contribution in [0.1, 0.15) is 47.8 Å². The van der Waals surface area contributed by atoms with E-state index >= 15 is 0 Å². The smallest absolute Gasteiger partial charge is 0.507 e. The number of methoxy groups -OCH3 is 1. The third-order valence-corrected chi connectivity index (χ3v) is 5.07. The lowest BCUT2D eigenvalue weighted by Crippen LogP contribution is -2.11. The molecule has 4 rings (SSSR count). The standard InChI is InChI=1S/C18H18O4/c1-9-3-6-12-13(7-9)17(22-18(20)21-2)15-11-5-4-10(8-11)14(15)16(12)19/h3,6-7,10-11,19H,4-5,8H2,1-2H3. The number of carbonyl (C=O) groups excluding carboxylic acids is 1. The molecule has 4 nitrogen and oxygen atoms in total. The van der Waals surface area contributed by atoms with Gasteiger partial charge in [0.05, 0.1) is 7.11 Å². The number of phenols is 1. The lowest BCUT2D eigenvalue weighted by Gasteiger charge is -2.22. The molecule has 2 bridgehead atoms. The highest BCUT2D eigenvalue weighted by Gasteiger charge is 2.42. The lowest BCUT2D eigenvalue weighted by molar-refractivity contribution is 0.121. The average Bonchev–Trinajstić information content (AvgIpc) is 3.12. The van der Waals surface area contributed by atoms with E-state index in [1.54, 1.807) is 0 Å². The Kier molecular flexibility index (Phi) is 2.83. The molecule has 1 N–H and O–H groups in total. The number of phenolic OH excluding ortho intramolecular Hbond substituents is 1.